The second-order valence-electron chi connectivity index (χ2n) is 3.78. The number of anilines is 1. The number of aromatic nitrogens is 2. The van der Waals surface area contributed by atoms with Crippen LogP contribution in [0.1, 0.15) is 0 Å². The van der Waals surface area contributed by atoms with Gasteiger partial charge in [-0.05, 0) is 23.6 Å². The van der Waals surface area contributed by atoms with E-state index < -0.39 is 5.82 Å². The van der Waals surface area contributed by atoms with E-state index in [1.807, 2.05) is 11.4 Å². The maximum atomic E-state index is 13.9. The minimum Gasteiger partial charge on any atom is -0.308 e. The molecule has 0 atom stereocenters. The predicted molar refractivity (Wildman–Crippen MR) is 75.6 cm³/mol. The Morgan fingerprint density at radius 3 is 2.84 bits per heavy atom. The Morgan fingerprint density at radius 2 is 2.11 bits per heavy atom. The van der Waals surface area contributed by atoms with Crippen LogP contribution < -0.4 is 11.3 Å². The molecule has 0 bridgehead atoms. The van der Waals surface area contributed by atoms with Crippen molar-refractivity contribution >= 4 is 39.0 Å². The lowest BCUT2D eigenvalue weighted by Gasteiger charge is -2.07. The van der Waals surface area contributed by atoms with E-state index >= 15 is 0 Å². The Labute approximate surface area is 117 Å². The summed E-state index contributed by atoms with van der Waals surface area (Å²) in [6.07, 6.45) is 0. The van der Waals surface area contributed by atoms with Crippen LogP contribution in [0.2, 0.25) is 5.02 Å². The molecule has 0 amide bonds. The maximum absolute atomic E-state index is 13.9. The average molecular weight is 295 g/mol. The lowest BCUT2D eigenvalue weighted by molar-refractivity contribution is 0.630. The van der Waals surface area contributed by atoms with Gasteiger partial charge < -0.3 is 5.43 Å². The van der Waals surface area contributed by atoms with E-state index in [0.717, 1.165) is 10.2 Å². The molecular formula is C12H8ClFN4S. The highest BCUT2D eigenvalue weighted by molar-refractivity contribution is 7.16. The molecule has 19 heavy (non-hydrogen) atoms. The van der Waals surface area contributed by atoms with E-state index in [1.165, 1.54) is 23.5 Å². The summed E-state index contributed by atoms with van der Waals surface area (Å²) in [5, 5.41) is 2.93. The molecule has 0 aliphatic carbocycles. The van der Waals surface area contributed by atoms with Crippen LogP contribution in [-0.4, -0.2) is 9.97 Å². The second-order valence-corrected chi connectivity index (χ2v) is 5.08. The molecule has 96 valence electrons. The van der Waals surface area contributed by atoms with Crippen molar-refractivity contribution in [1.29, 1.82) is 0 Å². The van der Waals surface area contributed by atoms with Gasteiger partial charge in [0.1, 0.15) is 10.6 Å². The van der Waals surface area contributed by atoms with Gasteiger partial charge in [-0.2, -0.15) is 0 Å². The molecule has 7 heteroatoms. The highest BCUT2D eigenvalue weighted by Gasteiger charge is 2.15. The number of benzene rings is 1. The lowest BCUT2D eigenvalue weighted by atomic mass is 10.2. The molecular weight excluding hydrogens is 287 g/mol. The molecule has 3 aromatic rings. The first-order chi connectivity index (χ1) is 9.20. The molecule has 0 spiro atoms. The number of halogens is 2. The Hall–Kier alpha value is -1.76. The smallest absolute Gasteiger partial charge is 0.167 e. The van der Waals surface area contributed by atoms with Crippen molar-refractivity contribution in [2.45, 2.75) is 0 Å². The molecule has 4 nitrogen and oxygen atoms in total. The summed E-state index contributed by atoms with van der Waals surface area (Å²) < 4.78 is 13.9. The Balaban J connectivity index is 2.31. The van der Waals surface area contributed by atoms with E-state index in [-0.39, 0.29) is 16.4 Å². The molecule has 0 aliphatic rings. The Bertz CT molecular complexity index is 738. The summed E-state index contributed by atoms with van der Waals surface area (Å²) in [6.45, 7) is 0. The first-order valence-corrected chi connectivity index (χ1v) is 6.62. The quantitative estimate of drug-likeness (QED) is 0.561. The fourth-order valence-corrected chi connectivity index (χ4v) is 2.80. The number of hydrazine groups is 1. The van der Waals surface area contributed by atoms with Gasteiger partial charge in [-0.3, -0.25) is 0 Å². The zero-order valence-corrected chi connectivity index (χ0v) is 11.1. The van der Waals surface area contributed by atoms with Gasteiger partial charge in [0.2, 0.25) is 0 Å². The van der Waals surface area contributed by atoms with E-state index in [9.17, 15) is 4.39 Å². The van der Waals surface area contributed by atoms with E-state index in [4.69, 9.17) is 17.4 Å². The number of nitrogens with two attached hydrogens (primary N) is 1. The monoisotopic (exact) mass is 294 g/mol. The van der Waals surface area contributed by atoms with Gasteiger partial charge in [0, 0.05) is 0 Å². The van der Waals surface area contributed by atoms with Gasteiger partial charge in [-0.1, -0.05) is 17.7 Å². The fraction of sp³-hybridized carbons (Fsp3) is 0. The Kier molecular flexibility index (Phi) is 3.06. The average Bonchev–Trinajstić information content (AvgIpc) is 2.85. The maximum Gasteiger partial charge on any atom is 0.167 e. The van der Waals surface area contributed by atoms with Crippen LogP contribution in [-0.2, 0) is 0 Å². The fourth-order valence-electron chi connectivity index (χ4n) is 1.79. The molecule has 1 aromatic carbocycles. The third-order valence-electron chi connectivity index (χ3n) is 2.65. The predicted octanol–water partition coefficient (Wildman–Crippen LogP) is 3.44. The minimum atomic E-state index is -0.466. The van der Waals surface area contributed by atoms with Crippen molar-refractivity contribution in [3.8, 4) is 11.4 Å². The van der Waals surface area contributed by atoms with E-state index in [1.54, 1.807) is 6.07 Å². The second kappa shape index (κ2) is 4.73. The summed E-state index contributed by atoms with van der Waals surface area (Å²) in [5.74, 6) is 5.63. The molecule has 0 saturated carbocycles. The molecule has 2 heterocycles. The molecule has 3 N–H and O–H groups in total. The van der Waals surface area contributed by atoms with Crippen LogP contribution in [0.25, 0.3) is 21.6 Å². The van der Waals surface area contributed by atoms with Crippen molar-refractivity contribution < 1.29 is 4.39 Å². The molecule has 2 aromatic heterocycles. The molecule has 0 saturated heterocycles. The number of nitrogens with one attached hydrogen (secondary N) is 1. The Morgan fingerprint density at radius 1 is 1.26 bits per heavy atom. The normalized spacial score (nSPS) is 10.9. The van der Waals surface area contributed by atoms with Crippen LogP contribution in [0.5, 0.6) is 0 Å². The van der Waals surface area contributed by atoms with Crippen LogP contribution in [0.3, 0.4) is 0 Å². The number of nitrogen functional groups attached to an aromatic ring is 1. The van der Waals surface area contributed by atoms with Gasteiger partial charge in [-0.25, -0.2) is 20.2 Å². The van der Waals surface area contributed by atoms with Crippen LogP contribution >= 0.6 is 22.9 Å². The SMILES string of the molecule is NNc1nc(-c2c(F)cccc2Cl)nc2sccc12. The molecule has 0 aliphatic heterocycles. The first kappa shape index (κ1) is 12.3. The number of fused-ring (bicyclic) bond motifs is 1. The topological polar surface area (TPSA) is 63.8 Å². The van der Waals surface area contributed by atoms with Gasteiger partial charge in [0.15, 0.2) is 11.6 Å². The van der Waals surface area contributed by atoms with Crippen LogP contribution in [0.15, 0.2) is 29.6 Å². The summed E-state index contributed by atoms with van der Waals surface area (Å²) in [4.78, 5) is 9.26. The third kappa shape index (κ3) is 2.03. The van der Waals surface area contributed by atoms with E-state index in [0.29, 0.717) is 5.82 Å². The summed E-state index contributed by atoms with van der Waals surface area (Å²) in [7, 11) is 0. The summed E-state index contributed by atoms with van der Waals surface area (Å²) >= 11 is 7.44. The van der Waals surface area contributed by atoms with Crippen molar-refractivity contribution in [1.82, 2.24) is 9.97 Å². The van der Waals surface area contributed by atoms with Crippen molar-refractivity contribution in [2.75, 3.05) is 5.43 Å². The molecule has 0 fully saturated rings. The van der Waals surface area contributed by atoms with Crippen molar-refractivity contribution in [2.24, 2.45) is 5.84 Å². The van der Waals surface area contributed by atoms with Crippen LogP contribution in [0, 0.1) is 5.82 Å². The van der Waals surface area contributed by atoms with Gasteiger partial charge in [0.05, 0.1) is 16.0 Å². The van der Waals surface area contributed by atoms with E-state index in [2.05, 4.69) is 15.4 Å². The molecule has 0 unspecified atom stereocenters. The first-order valence-electron chi connectivity index (χ1n) is 5.37. The van der Waals surface area contributed by atoms with Gasteiger partial charge >= 0.3 is 0 Å². The van der Waals surface area contributed by atoms with Crippen molar-refractivity contribution in [3.05, 3.63) is 40.5 Å². The largest absolute Gasteiger partial charge is 0.308 e. The number of nitrogens with zero attached hydrogens (tertiary/aromatic N) is 2. The highest BCUT2D eigenvalue weighted by atomic mass is 35.5. The van der Waals surface area contributed by atoms with Gasteiger partial charge in [-0.15, -0.1) is 11.3 Å². The number of hydrogen-bond acceptors (Lipinski definition) is 5. The number of hydrogen-bond donors (Lipinski definition) is 2. The van der Waals surface area contributed by atoms with Crippen LogP contribution in [0.4, 0.5) is 10.2 Å². The number of thiophene rings is 1. The zero-order chi connectivity index (χ0) is 13.4. The van der Waals surface area contributed by atoms with Crippen molar-refractivity contribution in [3.63, 3.8) is 0 Å². The standard InChI is InChI=1S/C12H8ClFN4S/c13-7-2-1-3-8(14)9(7)11-16-10(18-15)6-4-5-19-12(6)17-11/h1-5H,15H2,(H,16,17,18). The summed E-state index contributed by atoms with van der Waals surface area (Å²) in [5.41, 5.74) is 2.67. The molecule has 3 rings (SSSR count). The zero-order valence-electron chi connectivity index (χ0n) is 9.52. The lowest BCUT2D eigenvalue weighted by Crippen LogP contribution is -2.10. The molecule has 0 radical (unpaired) electrons. The number of rotatable bonds is 2. The minimum absolute atomic E-state index is 0.177. The summed E-state index contributed by atoms with van der Waals surface area (Å²) in [6, 6.07) is 6.30. The van der Waals surface area contributed by atoms with Gasteiger partial charge in [0.25, 0.3) is 0 Å². The third-order valence-corrected chi connectivity index (χ3v) is 3.77. The highest BCUT2D eigenvalue weighted by Crippen LogP contribution is 2.32.